The van der Waals surface area contributed by atoms with Crippen molar-refractivity contribution >= 4 is 11.9 Å². The molecule has 1 amide bonds. The minimum absolute atomic E-state index is 0.0729. The topological polar surface area (TPSA) is 117 Å². The summed E-state index contributed by atoms with van der Waals surface area (Å²) >= 11 is 0. The van der Waals surface area contributed by atoms with Gasteiger partial charge in [-0.25, -0.2) is 0 Å². The van der Waals surface area contributed by atoms with E-state index in [0.29, 0.717) is 0 Å². The number of carbonyl (C=O) groups is 2. The molecule has 6 heteroatoms. The van der Waals surface area contributed by atoms with Crippen molar-refractivity contribution in [2.24, 2.45) is 0 Å². The molecule has 0 aromatic heterocycles. The SMILES string of the molecule is C[C@@H](O)[C@@H](NC(=O)C[NH3+])C(=O)[O-]. The molecule has 0 aliphatic rings. The van der Waals surface area contributed by atoms with Crippen LogP contribution in [0.1, 0.15) is 6.92 Å². The number of rotatable bonds is 4. The van der Waals surface area contributed by atoms with E-state index < -0.39 is 24.0 Å². The van der Waals surface area contributed by atoms with E-state index in [1.165, 1.54) is 6.92 Å². The van der Waals surface area contributed by atoms with E-state index in [2.05, 4.69) is 11.1 Å². The van der Waals surface area contributed by atoms with Crippen molar-refractivity contribution in [2.45, 2.75) is 19.1 Å². The van der Waals surface area contributed by atoms with E-state index in [1.807, 2.05) is 0 Å². The van der Waals surface area contributed by atoms with Crippen LogP contribution >= 0.6 is 0 Å². The van der Waals surface area contributed by atoms with E-state index in [9.17, 15) is 14.7 Å². The molecule has 0 saturated heterocycles. The summed E-state index contributed by atoms with van der Waals surface area (Å²) in [7, 11) is 0. The second kappa shape index (κ2) is 4.68. The zero-order valence-electron chi connectivity index (χ0n) is 6.74. The van der Waals surface area contributed by atoms with Crippen LogP contribution in [0.3, 0.4) is 0 Å². The monoisotopic (exact) mass is 176 g/mol. The van der Waals surface area contributed by atoms with Gasteiger partial charge in [-0.15, -0.1) is 0 Å². The first-order valence-electron chi connectivity index (χ1n) is 3.46. The van der Waals surface area contributed by atoms with Gasteiger partial charge in [-0.1, -0.05) is 0 Å². The van der Waals surface area contributed by atoms with Gasteiger partial charge >= 0.3 is 0 Å². The Hall–Kier alpha value is -1.14. The Morgan fingerprint density at radius 1 is 1.67 bits per heavy atom. The van der Waals surface area contributed by atoms with Gasteiger partial charge in [0.2, 0.25) is 0 Å². The number of carbonyl (C=O) groups excluding carboxylic acids is 2. The van der Waals surface area contributed by atoms with Crippen molar-refractivity contribution in [1.82, 2.24) is 5.32 Å². The Morgan fingerprint density at radius 3 is 2.42 bits per heavy atom. The summed E-state index contributed by atoms with van der Waals surface area (Å²) in [6, 6.07) is -1.36. The number of aliphatic hydroxyl groups is 1. The van der Waals surface area contributed by atoms with Crippen molar-refractivity contribution in [2.75, 3.05) is 6.54 Å². The molecule has 2 atom stereocenters. The van der Waals surface area contributed by atoms with Crippen molar-refractivity contribution in [3.8, 4) is 0 Å². The summed E-state index contributed by atoms with van der Waals surface area (Å²) in [5.41, 5.74) is 3.25. The summed E-state index contributed by atoms with van der Waals surface area (Å²) in [6.45, 7) is 1.18. The number of amides is 1. The van der Waals surface area contributed by atoms with E-state index in [-0.39, 0.29) is 6.54 Å². The summed E-state index contributed by atoms with van der Waals surface area (Å²) in [5, 5.41) is 21.2. The van der Waals surface area contributed by atoms with Crippen LogP contribution in [0.15, 0.2) is 0 Å². The normalized spacial score (nSPS) is 14.9. The number of hydrogen-bond donors (Lipinski definition) is 3. The highest BCUT2D eigenvalue weighted by molar-refractivity contribution is 5.83. The molecular formula is C6H12N2O4. The molecule has 0 heterocycles. The van der Waals surface area contributed by atoms with Crippen molar-refractivity contribution < 1.29 is 25.5 Å². The Bertz CT molecular complexity index is 180. The maximum Gasteiger partial charge on any atom is 0.275 e. The Kier molecular flexibility index (Phi) is 4.24. The zero-order valence-corrected chi connectivity index (χ0v) is 6.74. The van der Waals surface area contributed by atoms with Crippen LogP contribution in [-0.2, 0) is 9.59 Å². The molecule has 0 aliphatic heterocycles. The van der Waals surface area contributed by atoms with Crippen LogP contribution in [0, 0.1) is 0 Å². The lowest BCUT2D eigenvalue weighted by molar-refractivity contribution is -0.355. The molecule has 6 nitrogen and oxygen atoms in total. The lowest BCUT2D eigenvalue weighted by Gasteiger charge is -2.21. The van der Waals surface area contributed by atoms with Crippen LogP contribution in [0.25, 0.3) is 0 Å². The minimum atomic E-state index is -1.51. The van der Waals surface area contributed by atoms with Crippen LogP contribution in [-0.4, -0.2) is 35.7 Å². The lowest BCUT2D eigenvalue weighted by Crippen LogP contribution is -2.62. The van der Waals surface area contributed by atoms with Gasteiger partial charge in [-0.05, 0) is 6.92 Å². The van der Waals surface area contributed by atoms with Gasteiger partial charge in [0, 0.05) is 0 Å². The molecule has 0 aliphatic carbocycles. The van der Waals surface area contributed by atoms with E-state index >= 15 is 0 Å². The summed E-state index contributed by atoms with van der Waals surface area (Å²) in [5.74, 6) is -2.04. The third-order valence-electron chi connectivity index (χ3n) is 1.28. The van der Waals surface area contributed by atoms with Gasteiger partial charge in [-0.2, -0.15) is 0 Å². The fourth-order valence-electron chi connectivity index (χ4n) is 0.622. The summed E-state index contributed by atoms with van der Waals surface area (Å²) in [4.78, 5) is 20.9. The standard InChI is InChI=1S/C6H12N2O4/c1-3(9)5(6(11)12)8-4(10)2-7/h3,5,9H,2,7H2,1H3,(H,8,10)(H,11,12)/t3-,5-/m1/s1. The average molecular weight is 176 g/mol. The number of hydrogen-bond acceptors (Lipinski definition) is 4. The quantitative estimate of drug-likeness (QED) is 0.403. The molecule has 5 N–H and O–H groups in total. The molecule has 0 aromatic rings. The van der Waals surface area contributed by atoms with E-state index in [4.69, 9.17) is 5.11 Å². The first-order chi connectivity index (χ1) is 5.49. The van der Waals surface area contributed by atoms with Gasteiger partial charge in [-0.3, -0.25) is 4.79 Å². The van der Waals surface area contributed by atoms with E-state index in [1.54, 1.807) is 0 Å². The fraction of sp³-hybridized carbons (Fsp3) is 0.667. The second-order valence-corrected chi connectivity index (χ2v) is 2.35. The Morgan fingerprint density at radius 2 is 2.17 bits per heavy atom. The molecular weight excluding hydrogens is 164 g/mol. The van der Waals surface area contributed by atoms with Gasteiger partial charge in [0.05, 0.1) is 18.1 Å². The molecule has 0 aromatic carbocycles. The molecule has 70 valence electrons. The zero-order chi connectivity index (χ0) is 9.72. The Labute approximate surface area is 69.4 Å². The van der Waals surface area contributed by atoms with Gasteiger partial charge in [0.25, 0.3) is 5.91 Å². The molecule has 12 heavy (non-hydrogen) atoms. The average Bonchev–Trinajstić information content (AvgIpc) is 1.98. The minimum Gasteiger partial charge on any atom is -0.548 e. The number of carboxylic acids is 1. The molecule has 0 saturated carbocycles. The van der Waals surface area contributed by atoms with Crippen molar-refractivity contribution in [3.63, 3.8) is 0 Å². The summed E-state index contributed by atoms with van der Waals surface area (Å²) in [6.07, 6.45) is -1.18. The Balaban J connectivity index is 4.14. The third kappa shape index (κ3) is 3.31. The van der Waals surface area contributed by atoms with E-state index in [0.717, 1.165) is 0 Å². The van der Waals surface area contributed by atoms with Gasteiger partial charge in [0.15, 0.2) is 6.54 Å². The maximum atomic E-state index is 10.7. The smallest absolute Gasteiger partial charge is 0.275 e. The third-order valence-corrected chi connectivity index (χ3v) is 1.28. The van der Waals surface area contributed by atoms with Crippen molar-refractivity contribution in [3.05, 3.63) is 0 Å². The molecule has 0 rings (SSSR count). The highest BCUT2D eigenvalue weighted by Gasteiger charge is 2.18. The number of quaternary nitrogens is 1. The number of aliphatic hydroxyl groups excluding tert-OH is 1. The summed E-state index contributed by atoms with van der Waals surface area (Å²) < 4.78 is 0. The largest absolute Gasteiger partial charge is 0.548 e. The number of aliphatic carboxylic acids is 1. The van der Waals surface area contributed by atoms with Crippen LogP contribution in [0.5, 0.6) is 0 Å². The first-order valence-corrected chi connectivity index (χ1v) is 3.46. The number of carboxylic acid groups (broad SMARTS) is 1. The molecule has 0 unspecified atom stereocenters. The predicted molar refractivity (Wildman–Crippen MR) is 36.4 cm³/mol. The van der Waals surface area contributed by atoms with Crippen LogP contribution in [0.4, 0.5) is 0 Å². The lowest BCUT2D eigenvalue weighted by atomic mass is 10.2. The maximum absolute atomic E-state index is 10.7. The molecule has 0 bridgehead atoms. The van der Waals surface area contributed by atoms with Crippen molar-refractivity contribution in [1.29, 1.82) is 0 Å². The fourth-order valence-corrected chi connectivity index (χ4v) is 0.622. The molecule has 0 fully saturated rings. The highest BCUT2D eigenvalue weighted by atomic mass is 16.4. The van der Waals surface area contributed by atoms with Crippen LogP contribution < -0.4 is 16.2 Å². The predicted octanol–water partition coefficient (Wildman–Crippen LogP) is -4.16. The van der Waals surface area contributed by atoms with Gasteiger partial charge in [0.1, 0.15) is 0 Å². The highest BCUT2D eigenvalue weighted by Crippen LogP contribution is 1.89. The molecule has 0 spiro atoms. The van der Waals surface area contributed by atoms with Crippen LogP contribution in [0.2, 0.25) is 0 Å². The molecule has 0 radical (unpaired) electrons. The number of nitrogens with one attached hydrogen (secondary N) is 1. The van der Waals surface area contributed by atoms with Gasteiger partial charge < -0.3 is 26.1 Å². The second-order valence-electron chi connectivity index (χ2n) is 2.35. The first kappa shape index (κ1) is 10.9.